The Labute approximate surface area is 186 Å². The van der Waals surface area contributed by atoms with Crippen molar-refractivity contribution in [3.8, 4) is 11.5 Å². The first-order valence-corrected chi connectivity index (χ1v) is 11.7. The third kappa shape index (κ3) is 5.38. The molecule has 1 amide bonds. The van der Waals surface area contributed by atoms with Crippen molar-refractivity contribution in [2.45, 2.75) is 43.0 Å². The van der Waals surface area contributed by atoms with Crippen LogP contribution in [0.5, 0.6) is 11.5 Å². The third-order valence-electron chi connectivity index (χ3n) is 5.44. The largest absolute Gasteiger partial charge is 0.508 e. The van der Waals surface area contributed by atoms with Gasteiger partial charge < -0.3 is 20.3 Å². The van der Waals surface area contributed by atoms with Crippen molar-refractivity contribution < 1.29 is 33.0 Å². The fourth-order valence-electron chi connectivity index (χ4n) is 3.68. The first kappa shape index (κ1) is 23.6. The molecule has 1 aliphatic carbocycles. The second-order valence-corrected chi connectivity index (χ2v) is 9.60. The van der Waals surface area contributed by atoms with E-state index in [9.17, 15) is 28.2 Å². The van der Waals surface area contributed by atoms with E-state index < -0.39 is 34.3 Å². The average Bonchev–Trinajstić information content (AvgIpc) is 2.78. The second-order valence-electron chi connectivity index (χ2n) is 7.64. The standard InChI is InChI=1S/C22H26N2O7S/c1-24(15-7-3-2-4-8-15)32(29,30)20-10-6-5-9-18(20)23-21(27)14-31-22(28)17-12-11-16(25)13-19(17)26/h5-6,9-13,15,25-26H,2-4,7-8,14H2,1H3,(H,23,27). The van der Waals surface area contributed by atoms with Crippen molar-refractivity contribution in [1.29, 1.82) is 0 Å². The molecule has 0 spiro atoms. The van der Waals surface area contributed by atoms with E-state index in [4.69, 9.17) is 4.74 Å². The molecule has 2 aromatic carbocycles. The van der Waals surface area contributed by atoms with Gasteiger partial charge in [-0.1, -0.05) is 31.4 Å². The molecule has 1 fully saturated rings. The highest BCUT2D eigenvalue weighted by molar-refractivity contribution is 7.89. The molecule has 0 aliphatic heterocycles. The fourth-order valence-corrected chi connectivity index (χ4v) is 5.24. The van der Waals surface area contributed by atoms with Crippen LogP contribution < -0.4 is 5.32 Å². The number of benzene rings is 2. The molecule has 0 radical (unpaired) electrons. The highest BCUT2D eigenvalue weighted by Crippen LogP contribution is 2.30. The topological polar surface area (TPSA) is 133 Å². The molecule has 0 aromatic heterocycles. The van der Waals surface area contributed by atoms with Crippen LogP contribution in [0.25, 0.3) is 0 Å². The Morgan fingerprint density at radius 3 is 2.47 bits per heavy atom. The minimum atomic E-state index is -3.84. The van der Waals surface area contributed by atoms with E-state index in [-0.39, 0.29) is 27.9 Å². The van der Waals surface area contributed by atoms with Gasteiger partial charge in [-0.3, -0.25) is 4.79 Å². The van der Waals surface area contributed by atoms with Gasteiger partial charge in [0.15, 0.2) is 6.61 Å². The number of hydrogen-bond acceptors (Lipinski definition) is 7. The zero-order chi connectivity index (χ0) is 23.3. The van der Waals surface area contributed by atoms with E-state index in [0.717, 1.165) is 44.2 Å². The molecular weight excluding hydrogens is 436 g/mol. The number of carbonyl (C=O) groups is 2. The lowest BCUT2D eigenvalue weighted by atomic mass is 9.96. The summed E-state index contributed by atoms with van der Waals surface area (Å²) in [5.74, 6) is -2.42. The van der Waals surface area contributed by atoms with Crippen molar-refractivity contribution in [2.75, 3.05) is 19.0 Å². The number of nitrogens with one attached hydrogen (secondary N) is 1. The van der Waals surface area contributed by atoms with E-state index in [0.29, 0.717) is 0 Å². The number of phenolic OH excluding ortho intramolecular Hbond substituents is 2. The van der Waals surface area contributed by atoms with Crippen LogP contribution in [0.15, 0.2) is 47.4 Å². The van der Waals surface area contributed by atoms with Crippen LogP contribution in [0.1, 0.15) is 42.5 Å². The van der Waals surface area contributed by atoms with Gasteiger partial charge in [0.25, 0.3) is 5.91 Å². The molecule has 9 nitrogen and oxygen atoms in total. The van der Waals surface area contributed by atoms with Gasteiger partial charge in [0.2, 0.25) is 10.0 Å². The normalized spacial score (nSPS) is 14.8. The van der Waals surface area contributed by atoms with Crippen molar-refractivity contribution in [3.63, 3.8) is 0 Å². The Morgan fingerprint density at radius 2 is 1.78 bits per heavy atom. The molecule has 3 rings (SSSR count). The molecule has 32 heavy (non-hydrogen) atoms. The molecule has 0 atom stereocenters. The lowest BCUT2D eigenvalue weighted by Gasteiger charge is -2.30. The fraction of sp³-hybridized carbons (Fsp3) is 0.364. The van der Waals surface area contributed by atoms with Crippen LogP contribution >= 0.6 is 0 Å². The van der Waals surface area contributed by atoms with Gasteiger partial charge in [0.05, 0.1) is 5.69 Å². The first-order chi connectivity index (χ1) is 15.2. The van der Waals surface area contributed by atoms with E-state index in [2.05, 4.69) is 5.32 Å². The number of carbonyl (C=O) groups excluding carboxylic acids is 2. The maximum absolute atomic E-state index is 13.2. The number of ether oxygens (including phenoxy) is 1. The molecule has 0 unspecified atom stereocenters. The summed E-state index contributed by atoms with van der Waals surface area (Å²) in [5.41, 5.74) is -0.128. The van der Waals surface area contributed by atoms with Crippen molar-refractivity contribution in [1.82, 2.24) is 4.31 Å². The van der Waals surface area contributed by atoms with E-state index in [1.54, 1.807) is 19.2 Å². The smallest absolute Gasteiger partial charge is 0.342 e. The molecule has 1 saturated carbocycles. The summed E-state index contributed by atoms with van der Waals surface area (Å²) in [7, 11) is -2.29. The number of phenols is 2. The van der Waals surface area contributed by atoms with Crippen LogP contribution in [0, 0.1) is 0 Å². The molecule has 0 bridgehead atoms. The Balaban J connectivity index is 1.69. The highest BCUT2D eigenvalue weighted by atomic mass is 32.2. The van der Waals surface area contributed by atoms with E-state index >= 15 is 0 Å². The number of nitrogens with zero attached hydrogens (tertiary/aromatic N) is 1. The van der Waals surface area contributed by atoms with Gasteiger partial charge in [-0.25, -0.2) is 13.2 Å². The Bertz CT molecular complexity index is 1100. The van der Waals surface area contributed by atoms with E-state index in [1.807, 2.05) is 0 Å². The molecule has 172 valence electrons. The predicted octanol–water partition coefficient (Wildman–Crippen LogP) is 2.85. The maximum atomic E-state index is 13.2. The molecule has 2 aromatic rings. The third-order valence-corrected chi connectivity index (χ3v) is 7.41. The molecule has 0 saturated heterocycles. The minimum absolute atomic E-state index is 0.0380. The SMILES string of the molecule is CN(C1CCCCC1)S(=O)(=O)c1ccccc1NC(=O)COC(=O)c1ccc(O)cc1O. The van der Waals surface area contributed by atoms with Crippen LogP contribution in [0.2, 0.25) is 0 Å². The van der Waals surface area contributed by atoms with Gasteiger partial charge in [-0.15, -0.1) is 0 Å². The summed E-state index contributed by atoms with van der Waals surface area (Å²) in [5, 5.41) is 21.5. The lowest BCUT2D eigenvalue weighted by molar-refractivity contribution is -0.119. The summed E-state index contributed by atoms with van der Waals surface area (Å²) in [6.45, 7) is -0.688. The summed E-state index contributed by atoms with van der Waals surface area (Å²) in [6, 6.07) is 9.30. The Kier molecular flexibility index (Phi) is 7.37. The second kappa shape index (κ2) is 10.0. The molecule has 10 heteroatoms. The number of hydrogen-bond donors (Lipinski definition) is 3. The van der Waals surface area contributed by atoms with Gasteiger partial charge in [0.1, 0.15) is 22.0 Å². The quantitative estimate of drug-likeness (QED) is 0.539. The van der Waals surface area contributed by atoms with Crippen LogP contribution in [-0.2, 0) is 19.6 Å². The summed E-state index contributed by atoms with van der Waals surface area (Å²) in [6.07, 6.45) is 4.64. The van der Waals surface area contributed by atoms with Crippen molar-refractivity contribution >= 4 is 27.6 Å². The number of aromatic hydroxyl groups is 2. The minimum Gasteiger partial charge on any atom is -0.508 e. The van der Waals surface area contributed by atoms with Gasteiger partial charge in [0, 0.05) is 19.2 Å². The van der Waals surface area contributed by atoms with E-state index in [1.165, 1.54) is 22.5 Å². The first-order valence-electron chi connectivity index (χ1n) is 10.3. The molecule has 1 aliphatic rings. The zero-order valence-electron chi connectivity index (χ0n) is 17.7. The van der Waals surface area contributed by atoms with Crippen LogP contribution in [0.4, 0.5) is 5.69 Å². The summed E-state index contributed by atoms with van der Waals surface area (Å²) in [4.78, 5) is 24.4. The molecule has 3 N–H and O–H groups in total. The number of esters is 1. The Hall–Kier alpha value is -3.11. The number of rotatable bonds is 7. The monoisotopic (exact) mass is 462 g/mol. The van der Waals surface area contributed by atoms with Crippen LogP contribution in [-0.4, -0.2) is 54.5 Å². The maximum Gasteiger partial charge on any atom is 0.342 e. The van der Waals surface area contributed by atoms with Crippen molar-refractivity contribution in [3.05, 3.63) is 48.0 Å². The number of anilines is 1. The average molecular weight is 463 g/mol. The van der Waals surface area contributed by atoms with Crippen molar-refractivity contribution in [2.24, 2.45) is 0 Å². The lowest BCUT2D eigenvalue weighted by Crippen LogP contribution is -2.38. The summed E-state index contributed by atoms with van der Waals surface area (Å²) >= 11 is 0. The zero-order valence-corrected chi connectivity index (χ0v) is 18.5. The Morgan fingerprint density at radius 1 is 1.09 bits per heavy atom. The van der Waals surface area contributed by atoms with Gasteiger partial charge >= 0.3 is 5.97 Å². The predicted molar refractivity (Wildman–Crippen MR) is 117 cm³/mol. The molecule has 0 heterocycles. The number of amides is 1. The summed E-state index contributed by atoms with van der Waals surface area (Å²) < 4.78 is 32.6. The molecular formula is C22H26N2O7S. The highest BCUT2D eigenvalue weighted by Gasteiger charge is 2.31. The number of sulfonamides is 1. The van der Waals surface area contributed by atoms with Gasteiger partial charge in [-0.05, 0) is 37.1 Å². The van der Waals surface area contributed by atoms with Crippen LogP contribution in [0.3, 0.4) is 0 Å². The van der Waals surface area contributed by atoms with Gasteiger partial charge in [-0.2, -0.15) is 4.31 Å². The number of para-hydroxylation sites is 1.